The fraction of sp³-hybridized carbons (Fsp3) is 0.0400. The summed E-state index contributed by atoms with van der Waals surface area (Å²) in [7, 11) is 0. The van der Waals surface area contributed by atoms with Gasteiger partial charge in [-0.3, -0.25) is 4.40 Å². The van der Waals surface area contributed by atoms with E-state index in [2.05, 4.69) is 65.9 Å². The van der Waals surface area contributed by atoms with Gasteiger partial charge in [-0.15, -0.1) is 0 Å². The summed E-state index contributed by atoms with van der Waals surface area (Å²) in [4.78, 5) is 9.88. The summed E-state index contributed by atoms with van der Waals surface area (Å²) in [6.45, 7) is 2.11. The maximum Gasteiger partial charge on any atom is 0.164 e. The highest BCUT2D eigenvalue weighted by molar-refractivity contribution is 5.86. The third kappa shape index (κ3) is 2.78. The van der Waals surface area contributed by atoms with Gasteiger partial charge < -0.3 is 0 Å². The van der Waals surface area contributed by atoms with Crippen LogP contribution < -0.4 is 0 Å². The van der Waals surface area contributed by atoms with E-state index < -0.39 is 0 Å². The van der Waals surface area contributed by atoms with Crippen LogP contribution in [0.4, 0.5) is 0 Å². The molecule has 0 aliphatic heterocycles. The molecule has 0 atom stereocenters. The maximum atomic E-state index is 5.01. The number of para-hydroxylation sites is 2. The molecule has 0 N–H and O–H groups in total. The van der Waals surface area contributed by atoms with Gasteiger partial charge in [0, 0.05) is 11.3 Å². The van der Waals surface area contributed by atoms with E-state index in [9.17, 15) is 0 Å². The molecule has 5 rings (SSSR count). The van der Waals surface area contributed by atoms with Crippen LogP contribution in [0.5, 0.6) is 0 Å². The Balaban J connectivity index is 1.81. The molecule has 0 saturated heterocycles. The zero-order valence-electron chi connectivity index (χ0n) is 15.6. The van der Waals surface area contributed by atoms with E-state index in [0.29, 0.717) is 0 Å². The van der Waals surface area contributed by atoms with Crippen LogP contribution in [0.15, 0.2) is 84.9 Å². The minimum Gasteiger partial charge on any atom is -0.293 e. The van der Waals surface area contributed by atoms with Crippen molar-refractivity contribution in [1.29, 1.82) is 0 Å². The largest absolute Gasteiger partial charge is 0.293 e. The number of aromatic nitrogens is 3. The predicted octanol–water partition coefficient (Wildman–Crippen LogP) is 6.03. The summed E-state index contributed by atoms with van der Waals surface area (Å²) in [6.07, 6.45) is 4.15. The van der Waals surface area contributed by atoms with Gasteiger partial charge in [0.15, 0.2) is 5.65 Å². The predicted molar refractivity (Wildman–Crippen MR) is 116 cm³/mol. The van der Waals surface area contributed by atoms with E-state index in [-0.39, 0.29) is 0 Å². The van der Waals surface area contributed by atoms with Crippen LogP contribution in [0.25, 0.3) is 40.1 Å². The Bertz CT molecular complexity index is 1300. The Hall–Kier alpha value is -3.72. The number of hydrogen-bond donors (Lipinski definition) is 0. The Kier molecular flexibility index (Phi) is 3.99. The molecule has 3 aromatic carbocycles. The van der Waals surface area contributed by atoms with Crippen molar-refractivity contribution in [3.8, 4) is 11.3 Å². The van der Waals surface area contributed by atoms with E-state index in [1.165, 1.54) is 0 Å². The van der Waals surface area contributed by atoms with Crippen molar-refractivity contribution in [3.05, 3.63) is 102 Å². The third-order valence-corrected chi connectivity index (χ3v) is 4.98. The molecule has 3 nitrogen and oxygen atoms in total. The first-order valence-corrected chi connectivity index (χ1v) is 9.37. The number of fused-ring (bicyclic) bond motifs is 3. The van der Waals surface area contributed by atoms with E-state index in [0.717, 1.165) is 44.9 Å². The summed E-state index contributed by atoms with van der Waals surface area (Å²) in [6, 6.07) is 28.8. The number of aryl methyl sites for hydroxylation is 1. The molecule has 0 fully saturated rings. The SMILES string of the molecule is Cc1c(-c2ccccc2)nc(/C=C/c2ccccc2)c2nc3ccccc3n12. The number of nitrogens with zero attached hydrogens (tertiary/aromatic N) is 3. The average Bonchev–Trinajstić information content (AvgIpc) is 3.15. The van der Waals surface area contributed by atoms with Crippen molar-refractivity contribution in [2.24, 2.45) is 0 Å². The van der Waals surface area contributed by atoms with Gasteiger partial charge in [0.2, 0.25) is 0 Å². The number of benzene rings is 3. The van der Waals surface area contributed by atoms with Gasteiger partial charge in [-0.2, -0.15) is 0 Å². The molecule has 0 saturated carbocycles. The van der Waals surface area contributed by atoms with Crippen molar-refractivity contribution in [1.82, 2.24) is 14.4 Å². The Morgan fingerprint density at radius 2 is 1.39 bits per heavy atom. The van der Waals surface area contributed by atoms with Crippen LogP contribution in [0.1, 0.15) is 17.0 Å². The molecule has 0 bridgehead atoms. The van der Waals surface area contributed by atoms with Crippen LogP contribution in [0.3, 0.4) is 0 Å². The Morgan fingerprint density at radius 3 is 2.18 bits per heavy atom. The molecule has 0 radical (unpaired) electrons. The van der Waals surface area contributed by atoms with Gasteiger partial charge in [-0.05, 0) is 30.7 Å². The lowest BCUT2D eigenvalue weighted by atomic mass is 10.1. The van der Waals surface area contributed by atoms with Crippen LogP contribution >= 0.6 is 0 Å². The maximum absolute atomic E-state index is 5.01. The highest BCUT2D eigenvalue weighted by Crippen LogP contribution is 2.28. The second kappa shape index (κ2) is 6.78. The molecule has 0 aliphatic carbocycles. The molecule has 0 spiro atoms. The Morgan fingerprint density at radius 1 is 0.714 bits per heavy atom. The molecule has 0 amide bonds. The van der Waals surface area contributed by atoms with Crippen molar-refractivity contribution in [2.75, 3.05) is 0 Å². The zero-order chi connectivity index (χ0) is 18.9. The topological polar surface area (TPSA) is 30.2 Å². The minimum absolute atomic E-state index is 0.865. The second-order valence-corrected chi connectivity index (χ2v) is 6.80. The van der Waals surface area contributed by atoms with Crippen LogP contribution in [-0.4, -0.2) is 14.4 Å². The molecule has 0 unspecified atom stereocenters. The number of imidazole rings is 1. The molecule has 2 heterocycles. The lowest BCUT2D eigenvalue weighted by molar-refractivity contribution is 1.07. The molecule has 0 aliphatic rings. The van der Waals surface area contributed by atoms with Gasteiger partial charge in [0.25, 0.3) is 0 Å². The summed E-state index contributed by atoms with van der Waals surface area (Å²) >= 11 is 0. The van der Waals surface area contributed by atoms with Gasteiger partial charge in [0.05, 0.1) is 16.7 Å². The van der Waals surface area contributed by atoms with E-state index in [1.807, 2.05) is 42.5 Å². The van der Waals surface area contributed by atoms with Gasteiger partial charge in [-0.1, -0.05) is 78.9 Å². The van der Waals surface area contributed by atoms with E-state index in [1.54, 1.807) is 0 Å². The fourth-order valence-electron chi connectivity index (χ4n) is 3.62. The zero-order valence-corrected chi connectivity index (χ0v) is 15.6. The lowest BCUT2D eigenvalue weighted by Crippen LogP contribution is -2.01. The fourth-order valence-corrected chi connectivity index (χ4v) is 3.62. The van der Waals surface area contributed by atoms with Crippen molar-refractivity contribution in [3.63, 3.8) is 0 Å². The van der Waals surface area contributed by atoms with Crippen molar-refractivity contribution in [2.45, 2.75) is 6.92 Å². The summed E-state index contributed by atoms with van der Waals surface area (Å²) in [5.74, 6) is 0. The summed E-state index contributed by atoms with van der Waals surface area (Å²) in [5, 5.41) is 0. The molecule has 3 heteroatoms. The first kappa shape index (κ1) is 16.5. The summed E-state index contributed by atoms with van der Waals surface area (Å²) in [5.41, 5.74) is 8.14. The molecular weight excluding hydrogens is 342 g/mol. The van der Waals surface area contributed by atoms with Crippen LogP contribution in [0, 0.1) is 6.92 Å². The van der Waals surface area contributed by atoms with Gasteiger partial charge in [-0.25, -0.2) is 9.97 Å². The standard InChI is InChI=1S/C25H19N3/c1-18-24(20-12-6-3-7-13-20)26-22(17-16-19-10-4-2-5-11-19)25-27-21-14-8-9-15-23(21)28(18)25/h2-17H,1H3/b17-16+. The first-order chi connectivity index (χ1) is 13.8. The molecule has 2 aromatic heterocycles. The lowest BCUT2D eigenvalue weighted by Gasteiger charge is -2.11. The highest BCUT2D eigenvalue weighted by atomic mass is 15.1. The van der Waals surface area contributed by atoms with Crippen LogP contribution in [0.2, 0.25) is 0 Å². The quantitative estimate of drug-likeness (QED) is 0.393. The molecule has 134 valence electrons. The van der Waals surface area contributed by atoms with Gasteiger partial charge >= 0.3 is 0 Å². The van der Waals surface area contributed by atoms with Crippen molar-refractivity contribution >= 4 is 28.8 Å². The summed E-state index contributed by atoms with van der Waals surface area (Å²) < 4.78 is 2.22. The first-order valence-electron chi connectivity index (χ1n) is 9.37. The number of rotatable bonds is 3. The van der Waals surface area contributed by atoms with E-state index >= 15 is 0 Å². The average molecular weight is 361 g/mol. The van der Waals surface area contributed by atoms with E-state index in [4.69, 9.17) is 9.97 Å². The molecule has 28 heavy (non-hydrogen) atoms. The smallest absolute Gasteiger partial charge is 0.164 e. The van der Waals surface area contributed by atoms with Gasteiger partial charge in [0.1, 0.15) is 5.69 Å². The second-order valence-electron chi connectivity index (χ2n) is 6.80. The molecule has 5 aromatic rings. The number of hydrogen-bond acceptors (Lipinski definition) is 2. The monoisotopic (exact) mass is 361 g/mol. The minimum atomic E-state index is 0.865. The molecular formula is C25H19N3. The normalized spacial score (nSPS) is 11.6. The highest BCUT2D eigenvalue weighted by Gasteiger charge is 2.15. The third-order valence-electron chi connectivity index (χ3n) is 4.98. The van der Waals surface area contributed by atoms with Crippen LogP contribution in [-0.2, 0) is 0 Å². The Labute approximate surface area is 163 Å². The van der Waals surface area contributed by atoms with Crippen molar-refractivity contribution < 1.29 is 0 Å².